The molecule has 0 saturated carbocycles. The topological polar surface area (TPSA) is 134 Å². The fourth-order valence-corrected chi connectivity index (χ4v) is 3.79. The summed E-state index contributed by atoms with van der Waals surface area (Å²) in [4.78, 5) is 63.7. The van der Waals surface area contributed by atoms with Crippen LogP contribution in [0.5, 0.6) is 5.75 Å². The highest BCUT2D eigenvalue weighted by Crippen LogP contribution is 2.30. The predicted molar refractivity (Wildman–Crippen MR) is 134 cm³/mol. The van der Waals surface area contributed by atoms with Crippen molar-refractivity contribution in [2.75, 3.05) is 31.2 Å². The molecule has 1 aliphatic heterocycles. The third-order valence-corrected chi connectivity index (χ3v) is 5.67. The average Bonchev–Trinajstić information content (AvgIpc) is 3.01. The van der Waals surface area contributed by atoms with Gasteiger partial charge in [0.25, 0.3) is 11.8 Å². The minimum absolute atomic E-state index is 0.0693. The number of carbonyl (C=O) groups excluding carboxylic acids is 5. The van der Waals surface area contributed by atoms with Gasteiger partial charge in [0.15, 0.2) is 0 Å². The van der Waals surface area contributed by atoms with Crippen LogP contribution >= 0.6 is 11.6 Å². The van der Waals surface area contributed by atoms with Gasteiger partial charge in [-0.3, -0.25) is 39.7 Å². The molecule has 0 fully saturated rings. The van der Waals surface area contributed by atoms with Gasteiger partial charge in [-0.2, -0.15) is 0 Å². The number of carbonyl (C=O) groups is 5. The van der Waals surface area contributed by atoms with Crippen molar-refractivity contribution < 1.29 is 33.4 Å². The van der Waals surface area contributed by atoms with E-state index in [0.717, 1.165) is 0 Å². The molecule has 0 atom stereocenters. The Morgan fingerprint density at radius 3 is 2.43 bits per heavy atom. The molecule has 1 aliphatic rings. The second kappa shape index (κ2) is 12.7. The van der Waals surface area contributed by atoms with Crippen molar-refractivity contribution in [1.82, 2.24) is 15.8 Å². The highest BCUT2D eigenvalue weighted by atomic mass is 35.5. The summed E-state index contributed by atoms with van der Waals surface area (Å²) >= 11 is 6.39. The van der Waals surface area contributed by atoms with Crippen molar-refractivity contribution >= 4 is 46.9 Å². The van der Waals surface area contributed by atoms with Crippen LogP contribution in [-0.4, -0.2) is 60.8 Å². The molecule has 2 aromatic rings. The average molecular weight is 531 g/mol. The highest BCUT2D eigenvalue weighted by molar-refractivity contribution is 6.34. The number of fused-ring (bicyclic) bond motifs is 1. The first kappa shape index (κ1) is 27.5. The molecular formula is C25H27ClN4O7. The minimum Gasteiger partial charge on any atom is -0.490 e. The first-order valence-corrected chi connectivity index (χ1v) is 11.9. The molecule has 0 bridgehead atoms. The first-order valence-electron chi connectivity index (χ1n) is 11.5. The van der Waals surface area contributed by atoms with E-state index >= 15 is 0 Å². The van der Waals surface area contributed by atoms with Crippen molar-refractivity contribution in [2.45, 2.75) is 26.8 Å². The largest absolute Gasteiger partial charge is 0.490 e. The number of nitrogens with zero attached hydrogens (tertiary/aromatic N) is 2. The lowest BCUT2D eigenvalue weighted by Gasteiger charge is -2.23. The number of halogens is 1. The van der Waals surface area contributed by atoms with Crippen LogP contribution in [-0.2, 0) is 30.5 Å². The summed E-state index contributed by atoms with van der Waals surface area (Å²) in [5.74, 6) is -1.93. The molecule has 2 N–H and O–H groups in total. The Balaban J connectivity index is 1.76. The summed E-state index contributed by atoms with van der Waals surface area (Å²) in [7, 11) is 0. The number of anilines is 1. The predicted octanol–water partition coefficient (Wildman–Crippen LogP) is 1.83. The van der Waals surface area contributed by atoms with E-state index in [9.17, 15) is 24.0 Å². The number of rotatable bonds is 8. The van der Waals surface area contributed by atoms with Gasteiger partial charge in [0.2, 0.25) is 11.8 Å². The molecule has 0 aliphatic carbocycles. The van der Waals surface area contributed by atoms with Gasteiger partial charge in [0.05, 0.1) is 10.6 Å². The molecule has 1 heterocycles. The number of para-hydroxylation sites is 1. The van der Waals surface area contributed by atoms with E-state index in [0.29, 0.717) is 17.0 Å². The molecule has 37 heavy (non-hydrogen) atoms. The second-order valence-electron chi connectivity index (χ2n) is 8.05. The summed E-state index contributed by atoms with van der Waals surface area (Å²) in [5.41, 5.74) is 5.87. The monoisotopic (exact) mass is 530 g/mol. The van der Waals surface area contributed by atoms with Gasteiger partial charge in [-0.25, -0.2) is 0 Å². The van der Waals surface area contributed by atoms with Crippen LogP contribution in [0.15, 0.2) is 42.5 Å². The summed E-state index contributed by atoms with van der Waals surface area (Å²) in [6, 6.07) is 11.5. The van der Waals surface area contributed by atoms with E-state index < -0.39 is 23.7 Å². The number of benzene rings is 2. The summed E-state index contributed by atoms with van der Waals surface area (Å²) in [5, 5.41) is 0.118. The van der Waals surface area contributed by atoms with Crippen molar-refractivity contribution in [3.05, 3.63) is 58.6 Å². The molecule has 3 rings (SSSR count). The van der Waals surface area contributed by atoms with Crippen LogP contribution in [0.1, 0.15) is 36.2 Å². The third kappa shape index (κ3) is 7.43. The van der Waals surface area contributed by atoms with E-state index in [4.69, 9.17) is 21.1 Å². The number of hydrazine groups is 1. The minimum atomic E-state index is -0.570. The van der Waals surface area contributed by atoms with E-state index in [1.807, 2.05) is 0 Å². The van der Waals surface area contributed by atoms with Gasteiger partial charge in [0, 0.05) is 25.6 Å². The lowest BCUT2D eigenvalue weighted by molar-refractivity contribution is -0.141. The third-order valence-electron chi connectivity index (χ3n) is 5.36. The SMILES string of the molecule is CCC(=O)NNC(=O)CN1Cc2ccccc2N(C(=O)c2ccc(OCCOC(C)=O)cc2Cl)CC1=O. The van der Waals surface area contributed by atoms with E-state index in [1.165, 1.54) is 28.9 Å². The van der Waals surface area contributed by atoms with Gasteiger partial charge >= 0.3 is 5.97 Å². The molecule has 196 valence electrons. The molecule has 4 amide bonds. The normalized spacial score (nSPS) is 12.8. The van der Waals surface area contributed by atoms with Crippen LogP contribution in [0.2, 0.25) is 5.02 Å². The fourth-order valence-electron chi connectivity index (χ4n) is 3.54. The molecule has 0 saturated heterocycles. The Kier molecular flexibility index (Phi) is 9.45. The molecule has 12 heteroatoms. The summed E-state index contributed by atoms with van der Waals surface area (Å²) in [6.45, 7) is 2.59. The lowest BCUT2D eigenvalue weighted by Crippen LogP contribution is -2.48. The molecule has 0 unspecified atom stereocenters. The lowest BCUT2D eigenvalue weighted by atomic mass is 10.1. The quantitative estimate of drug-likeness (QED) is 0.302. The standard InChI is InChI=1S/C25H27ClN4O7/c1-3-22(32)27-28-23(33)14-29-13-17-6-4-5-7-21(17)30(15-24(29)34)25(35)19-9-8-18(12-20(19)26)37-11-10-36-16(2)31/h4-9,12H,3,10-11,13-15H2,1-2H3,(H,27,32)(H,28,33). The van der Waals surface area contributed by atoms with Gasteiger partial charge in [-0.1, -0.05) is 36.7 Å². The van der Waals surface area contributed by atoms with Crippen molar-refractivity contribution in [3.63, 3.8) is 0 Å². The number of ether oxygens (including phenoxy) is 2. The number of hydrogen-bond donors (Lipinski definition) is 2. The Bertz CT molecular complexity index is 1200. The van der Waals surface area contributed by atoms with Crippen LogP contribution in [0, 0.1) is 0 Å². The summed E-state index contributed by atoms with van der Waals surface area (Å²) < 4.78 is 10.3. The molecule has 0 spiro atoms. The van der Waals surface area contributed by atoms with Crippen molar-refractivity contribution in [3.8, 4) is 5.75 Å². The number of hydrogen-bond acceptors (Lipinski definition) is 7. The van der Waals surface area contributed by atoms with Crippen molar-refractivity contribution in [1.29, 1.82) is 0 Å². The number of amides is 4. The van der Waals surface area contributed by atoms with E-state index in [1.54, 1.807) is 37.3 Å². The van der Waals surface area contributed by atoms with Crippen LogP contribution in [0.4, 0.5) is 5.69 Å². The van der Waals surface area contributed by atoms with E-state index in [-0.39, 0.29) is 55.8 Å². The number of nitrogens with one attached hydrogen (secondary N) is 2. The first-order chi connectivity index (χ1) is 17.7. The maximum absolute atomic E-state index is 13.5. The molecule has 0 aromatic heterocycles. The maximum Gasteiger partial charge on any atom is 0.302 e. The zero-order chi connectivity index (χ0) is 26.9. The van der Waals surface area contributed by atoms with Gasteiger partial charge < -0.3 is 14.4 Å². The Morgan fingerprint density at radius 1 is 1.00 bits per heavy atom. The zero-order valence-electron chi connectivity index (χ0n) is 20.4. The Hall–Kier alpha value is -4.12. The van der Waals surface area contributed by atoms with Crippen LogP contribution in [0.3, 0.4) is 0 Å². The highest BCUT2D eigenvalue weighted by Gasteiger charge is 2.31. The molecule has 2 aromatic carbocycles. The van der Waals surface area contributed by atoms with Gasteiger partial charge in [-0.05, 0) is 29.8 Å². The van der Waals surface area contributed by atoms with Gasteiger partial charge in [0.1, 0.15) is 32.1 Å². The van der Waals surface area contributed by atoms with Gasteiger partial charge in [-0.15, -0.1) is 0 Å². The van der Waals surface area contributed by atoms with Crippen LogP contribution in [0.25, 0.3) is 0 Å². The molecule has 11 nitrogen and oxygen atoms in total. The second-order valence-corrected chi connectivity index (χ2v) is 8.46. The summed E-state index contributed by atoms with van der Waals surface area (Å²) in [6.07, 6.45) is 0.192. The number of esters is 1. The smallest absolute Gasteiger partial charge is 0.302 e. The maximum atomic E-state index is 13.5. The molecular weight excluding hydrogens is 504 g/mol. The fraction of sp³-hybridized carbons (Fsp3) is 0.320. The van der Waals surface area contributed by atoms with E-state index in [2.05, 4.69) is 10.9 Å². The van der Waals surface area contributed by atoms with Crippen LogP contribution < -0.4 is 20.5 Å². The Labute approximate surface area is 218 Å². The molecule has 0 radical (unpaired) electrons. The Morgan fingerprint density at radius 2 is 1.73 bits per heavy atom. The zero-order valence-corrected chi connectivity index (χ0v) is 21.2. The van der Waals surface area contributed by atoms with Crippen molar-refractivity contribution in [2.24, 2.45) is 0 Å².